The molecule has 5 heterocycles. The Labute approximate surface area is 618 Å². The van der Waals surface area contributed by atoms with Crippen molar-refractivity contribution >= 4 is 5.97 Å². The van der Waals surface area contributed by atoms with Gasteiger partial charge in [-0.1, -0.05) is 282 Å². The number of ether oxygens (including phenoxy) is 3. The van der Waals surface area contributed by atoms with Crippen LogP contribution in [-0.4, -0.2) is 44.5 Å². The second-order valence-corrected chi connectivity index (χ2v) is 21.3. The number of hydrogen-bond acceptors (Lipinski definition) is 11. The van der Waals surface area contributed by atoms with E-state index in [1.165, 1.54) is 24.3 Å². The lowest BCUT2D eigenvalue weighted by Gasteiger charge is -2.12. The van der Waals surface area contributed by atoms with Gasteiger partial charge in [-0.15, -0.1) is 0 Å². The van der Waals surface area contributed by atoms with Crippen molar-refractivity contribution in [2.45, 2.75) is 136 Å². The smallest absolute Gasteiger partial charge is 0.300 e. The van der Waals surface area contributed by atoms with Gasteiger partial charge in [0.25, 0.3) is 33.8 Å². The lowest BCUT2D eigenvalue weighted by Crippen LogP contribution is -2.22. The Balaban J connectivity index is 0.000000431. The minimum absolute atomic E-state index is 0.00399. The first-order valence-electron chi connectivity index (χ1n) is 35.3. The van der Waals surface area contributed by atoms with Gasteiger partial charge in [0, 0.05) is 56.1 Å². The molecule has 5 aromatic heterocycles. The summed E-state index contributed by atoms with van der Waals surface area (Å²) in [4.78, 5) is 70.4. The van der Waals surface area contributed by atoms with Crippen LogP contribution in [-0.2, 0) is 50.8 Å². The number of nitrogens with zero attached hydrogens (tertiary/aromatic N) is 4. The molecule has 17 heteroatoms. The van der Waals surface area contributed by atoms with Crippen molar-refractivity contribution in [2.24, 2.45) is 0 Å². The SMILES string of the molecule is CC.CC.CC.CC.CC.CC(=O)O.Cc1c(O)ccn(Cc2ccccc2)c1=O.Cc1c(OCc2ccccc2)ccn(Cc2ccccc2)c1=O.O=c1cc(O)ccn1Cc1ccccc1.O=c1cc(OCc2ccccc2)cc[nH]1.O=c1cc(OCc2ccccc2)ccn1Cc1ccccc1. The Hall–Kier alpha value is -12.2. The number of aromatic hydroxyl groups is 2. The van der Waals surface area contributed by atoms with Crippen LogP contribution >= 0.6 is 0 Å². The summed E-state index contributed by atoms with van der Waals surface area (Å²) in [6.07, 6.45) is 8.34. The van der Waals surface area contributed by atoms with Crippen molar-refractivity contribution in [1.82, 2.24) is 23.3 Å². The quantitative estimate of drug-likeness (QED) is 0.0668. The number of nitrogens with one attached hydrogen (secondary N) is 1. The van der Waals surface area contributed by atoms with Crippen molar-refractivity contribution < 1.29 is 34.3 Å². The Bertz CT molecular complexity index is 4570. The van der Waals surface area contributed by atoms with Crippen molar-refractivity contribution in [3.63, 3.8) is 0 Å². The third kappa shape index (κ3) is 35.3. The van der Waals surface area contributed by atoms with Gasteiger partial charge in [-0.3, -0.25) is 28.8 Å². The van der Waals surface area contributed by atoms with E-state index in [-0.39, 0.29) is 39.3 Å². The molecule has 0 saturated heterocycles. The maximum absolute atomic E-state index is 12.5. The summed E-state index contributed by atoms with van der Waals surface area (Å²) in [5, 5.41) is 25.9. The molecule has 0 unspecified atom stereocenters. The lowest BCUT2D eigenvalue weighted by atomic mass is 10.2. The van der Waals surface area contributed by atoms with Crippen LogP contribution in [0, 0.1) is 13.8 Å². The summed E-state index contributed by atoms with van der Waals surface area (Å²) in [5.41, 5.74) is 8.03. The van der Waals surface area contributed by atoms with E-state index < -0.39 is 5.97 Å². The predicted octanol–water partition coefficient (Wildman–Crippen LogP) is 17.9. The lowest BCUT2D eigenvalue weighted by molar-refractivity contribution is -0.134. The molecule has 0 bridgehead atoms. The van der Waals surface area contributed by atoms with E-state index in [1.54, 1.807) is 68.3 Å². The highest BCUT2D eigenvalue weighted by atomic mass is 16.5. The maximum Gasteiger partial charge on any atom is 0.300 e. The van der Waals surface area contributed by atoms with E-state index in [0.29, 0.717) is 74.4 Å². The summed E-state index contributed by atoms with van der Waals surface area (Å²) in [6, 6.07) is 81.6. The van der Waals surface area contributed by atoms with Crippen molar-refractivity contribution in [3.8, 4) is 28.7 Å². The first-order valence-corrected chi connectivity index (χ1v) is 35.3. The third-order valence-corrected chi connectivity index (χ3v) is 13.9. The van der Waals surface area contributed by atoms with E-state index in [0.717, 1.165) is 45.9 Å². The number of hydrogen-bond donors (Lipinski definition) is 4. The predicted molar refractivity (Wildman–Crippen MR) is 427 cm³/mol. The number of aromatic amines is 1. The van der Waals surface area contributed by atoms with Crippen molar-refractivity contribution in [1.29, 1.82) is 0 Å². The van der Waals surface area contributed by atoms with Gasteiger partial charge in [-0.05, 0) is 83.1 Å². The van der Waals surface area contributed by atoms with E-state index in [4.69, 9.17) is 29.2 Å². The van der Waals surface area contributed by atoms with Gasteiger partial charge in [-0.25, -0.2) is 0 Å². The highest BCUT2D eigenvalue weighted by molar-refractivity contribution is 5.63. The van der Waals surface area contributed by atoms with Gasteiger partial charge in [-0.2, -0.15) is 0 Å². The molecule has 0 aliphatic carbocycles. The number of benzene rings is 7. The van der Waals surface area contributed by atoms with E-state index >= 15 is 0 Å². The molecule has 7 aromatic carbocycles. The molecule has 12 rings (SSSR count). The van der Waals surface area contributed by atoms with Gasteiger partial charge in [0.1, 0.15) is 48.6 Å². The molecule has 0 radical (unpaired) electrons. The van der Waals surface area contributed by atoms with Crippen LogP contribution in [0.4, 0.5) is 0 Å². The fourth-order valence-electron chi connectivity index (χ4n) is 8.95. The zero-order valence-electron chi connectivity index (χ0n) is 63.0. The molecule has 17 nitrogen and oxygen atoms in total. The first kappa shape index (κ1) is 88.8. The number of H-pyrrole nitrogens is 1. The normalized spacial score (nSPS) is 9.42. The van der Waals surface area contributed by atoms with E-state index in [9.17, 15) is 29.1 Å². The fourth-order valence-corrected chi connectivity index (χ4v) is 8.95. The van der Waals surface area contributed by atoms with E-state index in [1.807, 2.05) is 301 Å². The fraction of sp³-hybridized carbons (Fsp3) is 0.227. The highest BCUT2D eigenvalue weighted by Crippen LogP contribution is 2.17. The average molecular weight is 1420 g/mol. The second-order valence-electron chi connectivity index (χ2n) is 21.3. The average Bonchev–Trinajstić information content (AvgIpc) is 0.848. The number of carboxylic acids is 1. The molecule has 0 spiro atoms. The summed E-state index contributed by atoms with van der Waals surface area (Å²) in [7, 11) is 0. The molecule has 0 amide bonds. The van der Waals surface area contributed by atoms with Crippen LogP contribution in [0.3, 0.4) is 0 Å². The Morgan fingerprint density at radius 3 is 1.00 bits per heavy atom. The number of aliphatic carboxylic acids is 1. The molecule has 0 aliphatic heterocycles. The molecular formula is C88H105N5O12. The Morgan fingerprint density at radius 1 is 0.352 bits per heavy atom. The zero-order chi connectivity index (χ0) is 77.6. The molecule has 12 aromatic rings. The van der Waals surface area contributed by atoms with Crippen LogP contribution in [0.2, 0.25) is 0 Å². The summed E-state index contributed by atoms with van der Waals surface area (Å²) < 4.78 is 23.4. The Morgan fingerprint density at radius 2 is 0.648 bits per heavy atom. The summed E-state index contributed by atoms with van der Waals surface area (Å²) in [5.74, 6) is 1.04. The van der Waals surface area contributed by atoms with E-state index in [2.05, 4.69) is 4.98 Å². The maximum atomic E-state index is 12.5. The van der Waals surface area contributed by atoms with Gasteiger partial charge in [0.15, 0.2) is 0 Å². The van der Waals surface area contributed by atoms with Gasteiger partial charge < -0.3 is 52.8 Å². The summed E-state index contributed by atoms with van der Waals surface area (Å²) >= 11 is 0. The largest absolute Gasteiger partial charge is 0.508 e. The van der Waals surface area contributed by atoms with Crippen LogP contribution in [0.5, 0.6) is 28.7 Å². The monoisotopic (exact) mass is 1420 g/mol. The molecule has 4 N–H and O–H groups in total. The number of pyridine rings is 5. The van der Waals surface area contributed by atoms with Crippen molar-refractivity contribution in [3.05, 3.63) is 394 Å². The molecule has 105 heavy (non-hydrogen) atoms. The molecule has 554 valence electrons. The van der Waals surface area contributed by atoms with Crippen LogP contribution in [0.15, 0.2) is 316 Å². The molecule has 0 saturated carbocycles. The number of rotatable bonds is 17. The highest BCUT2D eigenvalue weighted by Gasteiger charge is 2.09. The van der Waals surface area contributed by atoms with Gasteiger partial charge >= 0.3 is 0 Å². The summed E-state index contributed by atoms with van der Waals surface area (Å²) in [6.45, 7) is 28.1. The van der Waals surface area contributed by atoms with Crippen LogP contribution < -0.4 is 42.0 Å². The number of aromatic nitrogens is 5. The van der Waals surface area contributed by atoms with Gasteiger partial charge in [0.05, 0.1) is 37.3 Å². The van der Waals surface area contributed by atoms with Crippen LogP contribution in [0.1, 0.15) is 126 Å². The van der Waals surface area contributed by atoms with Crippen molar-refractivity contribution in [2.75, 3.05) is 0 Å². The molecule has 0 fully saturated rings. The standard InChI is InChI=1S/C20H19NO2.C19H17NO2.C13H13NO2.2C12H11NO2.C2H4O2.5C2H6/c1-16-19(23-15-18-10-6-3-7-11-18)12-13-21(20(16)22)14-17-8-4-2-5-9-17;21-19-13-18(22-15-17-9-5-2-6-10-17)11-12-20(19)14-16-7-3-1-4-8-16;1-10-12(15)7-8-14(13(10)16)9-11-5-3-2-4-6-11;14-12-8-11(6-7-13-12)15-9-10-4-2-1-3-5-10;14-11-6-7-13(12(15)8-11)9-10-4-2-1-3-5-10;1-2(3)4;5*1-2/h2-13H,14-15H2,1H3;1-13H,14-15H2;2-8,15H,9H2,1H3;1-8H,9H2,(H,13,14);1-8,14H,9H2;1H3,(H,3,4);5*1-2H3. The molecule has 0 aliphatic rings. The molecule has 0 atom stereocenters. The minimum atomic E-state index is -0.833. The van der Waals surface area contributed by atoms with Gasteiger partial charge in [0.2, 0.25) is 0 Å². The number of carbonyl (C=O) groups is 1. The third-order valence-electron chi connectivity index (χ3n) is 13.9. The topological polar surface area (TPSA) is 226 Å². The second kappa shape index (κ2) is 53.6. The number of carboxylic acid groups (broad SMARTS) is 1. The Kier molecular flexibility index (Phi) is 45.3. The first-order chi connectivity index (χ1) is 51.1. The zero-order valence-corrected chi connectivity index (χ0v) is 63.0. The minimum Gasteiger partial charge on any atom is -0.508 e. The van der Waals surface area contributed by atoms with Crippen LogP contribution in [0.25, 0.3) is 0 Å². The molecular weight excluding hydrogens is 1320 g/mol.